The molecule has 2 aliphatic rings. The average molecular weight is 273 g/mol. The Bertz CT molecular complexity index is 564. The number of aromatic nitrogens is 5. The van der Waals surface area contributed by atoms with Crippen molar-refractivity contribution in [3.63, 3.8) is 0 Å². The SMILES string of the molecule is c1n[nH]c(-c2noc(C3CCC4CCCCC4C3)n2)n1. The van der Waals surface area contributed by atoms with Gasteiger partial charge in [-0.25, -0.2) is 4.98 Å². The van der Waals surface area contributed by atoms with Gasteiger partial charge in [-0.3, -0.25) is 5.10 Å². The number of nitrogens with one attached hydrogen (secondary N) is 1. The van der Waals surface area contributed by atoms with Crippen LogP contribution in [0.5, 0.6) is 0 Å². The molecule has 3 unspecified atom stereocenters. The van der Waals surface area contributed by atoms with E-state index in [4.69, 9.17) is 4.52 Å². The Kier molecular flexibility index (Phi) is 3.01. The molecule has 6 nitrogen and oxygen atoms in total. The van der Waals surface area contributed by atoms with Crippen LogP contribution in [0.15, 0.2) is 10.9 Å². The fourth-order valence-corrected chi connectivity index (χ4v) is 3.91. The van der Waals surface area contributed by atoms with Crippen LogP contribution in [0, 0.1) is 11.8 Å². The fraction of sp³-hybridized carbons (Fsp3) is 0.714. The highest BCUT2D eigenvalue weighted by Crippen LogP contribution is 2.45. The maximum atomic E-state index is 5.46. The Hall–Kier alpha value is -1.72. The van der Waals surface area contributed by atoms with Crippen LogP contribution in [0.25, 0.3) is 11.6 Å². The van der Waals surface area contributed by atoms with Crippen molar-refractivity contribution in [2.45, 2.75) is 50.9 Å². The van der Waals surface area contributed by atoms with Crippen LogP contribution in [0.1, 0.15) is 56.8 Å². The number of hydrogen-bond donors (Lipinski definition) is 1. The van der Waals surface area contributed by atoms with Gasteiger partial charge in [-0.1, -0.05) is 30.8 Å². The van der Waals surface area contributed by atoms with Crippen molar-refractivity contribution < 1.29 is 4.52 Å². The van der Waals surface area contributed by atoms with Crippen molar-refractivity contribution in [2.24, 2.45) is 11.8 Å². The zero-order chi connectivity index (χ0) is 13.4. The van der Waals surface area contributed by atoms with Gasteiger partial charge in [-0.05, 0) is 31.1 Å². The molecular weight excluding hydrogens is 254 g/mol. The summed E-state index contributed by atoms with van der Waals surface area (Å²) in [5.41, 5.74) is 0. The van der Waals surface area contributed by atoms with E-state index in [0.29, 0.717) is 17.6 Å². The minimum Gasteiger partial charge on any atom is -0.339 e. The Morgan fingerprint density at radius 2 is 2.00 bits per heavy atom. The predicted molar refractivity (Wildman–Crippen MR) is 71.7 cm³/mol. The number of rotatable bonds is 2. The molecule has 2 aliphatic carbocycles. The largest absolute Gasteiger partial charge is 0.339 e. The fourth-order valence-electron chi connectivity index (χ4n) is 3.91. The van der Waals surface area contributed by atoms with Gasteiger partial charge in [-0.15, -0.1) is 0 Å². The van der Waals surface area contributed by atoms with Gasteiger partial charge in [0.2, 0.25) is 11.7 Å². The molecule has 0 bridgehead atoms. The van der Waals surface area contributed by atoms with Gasteiger partial charge in [0, 0.05) is 5.92 Å². The van der Waals surface area contributed by atoms with E-state index in [1.54, 1.807) is 0 Å². The molecule has 2 aromatic heterocycles. The summed E-state index contributed by atoms with van der Waals surface area (Å²) in [6, 6.07) is 0. The highest BCUT2D eigenvalue weighted by Gasteiger charge is 2.35. The van der Waals surface area contributed by atoms with Gasteiger partial charge in [0.05, 0.1) is 0 Å². The highest BCUT2D eigenvalue weighted by molar-refractivity contribution is 5.39. The van der Waals surface area contributed by atoms with Gasteiger partial charge < -0.3 is 4.52 Å². The molecule has 6 heteroatoms. The third-order valence-electron chi connectivity index (χ3n) is 4.96. The molecule has 1 N–H and O–H groups in total. The summed E-state index contributed by atoms with van der Waals surface area (Å²) in [6.07, 6.45) is 10.8. The van der Waals surface area contributed by atoms with Gasteiger partial charge in [0.1, 0.15) is 6.33 Å². The summed E-state index contributed by atoms with van der Waals surface area (Å²) in [5.74, 6) is 4.10. The molecule has 2 saturated carbocycles. The lowest BCUT2D eigenvalue weighted by molar-refractivity contribution is 0.142. The van der Waals surface area contributed by atoms with Crippen LogP contribution in [0.2, 0.25) is 0 Å². The van der Waals surface area contributed by atoms with E-state index in [2.05, 4.69) is 25.3 Å². The third kappa shape index (κ3) is 2.13. The molecule has 4 rings (SSSR count). The predicted octanol–water partition coefficient (Wildman–Crippen LogP) is 2.93. The number of H-pyrrole nitrogens is 1. The minimum absolute atomic E-state index is 0.429. The Balaban J connectivity index is 1.50. The standard InChI is InChI=1S/C14H19N5O/c1-2-4-10-7-11(6-5-9(10)3-1)14-17-13(19-20-14)12-15-8-16-18-12/h8-11H,1-7H2,(H,15,16,18). The summed E-state index contributed by atoms with van der Waals surface area (Å²) in [7, 11) is 0. The molecule has 20 heavy (non-hydrogen) atoms. The Morgan fingerprint density at radius 1 is 1.10 bits per heavy atom. The molecule has 0 radical (unpaired) electrons. The zero-order valence-corrected chi connectivity index (χ0v) is 11.5. The molecule has 2 fully saturated rings. The van der Waals surface area contributed by atoms with E-state index in [0.717, 1.165) is 17.7 Å². The molecule has 3 atom stereocenters. The van der Waals surface area contributed by atoms with Gasteiger partial charge >= 0.3 is 0 Å². The van der Waals surface area contributed by atoms with Crippen molar-refractivity contribution in [3.05, 3.63) is 12.2 Å². The summed E-state index contributed by atoms with van der Waals surface area (Å²) < 4.78 is 5.46. The molecular formula is C14H19N5O. The molecule has 0 aromatic carbocycles. The quantitative estimate of drug-likeness (QED) is 0.909. The van der Waals surface area contributed by atoms with Crippen molar-refractivity contribution in [1.82, 2.24) is 25.3 Å². The molecule has 0 aliphatic heterocycles. The second kappa shape index (κ2) is 5.00. The summed E-state index contributed by atoms with van der Waals surface area (Å²) >= 11 is 0. The van der Waals surface area contributed by atoms with E-state index < -0.39 is 0 Å². The summed E-state index contributed by atoms with van der Waals surface area (Å²) in [6.45, 7) is 0. The van der Waals surface area contributed by atoms with E-state index in [1.165, 1.54) is 51.3 Å². The van der Waals surface area contributed by atoms with Crippen LogP contribution in [-0.2, 0) is 0 Å². The van der Waals surface area contributed by atoms with E-state index in [1.807, 2.05) is 0 Å². The first-order valence-electron chi connectivity index (χ1n) is 7.59. The van der Waals surface area contributed by atoms with E-state index in [-0.39, 0.29) is 0 Å². The van der Waals surface area contributed by atoms with E-state index >= 15 is 0 Å². The molecule has 0 saturated heterocycles. The van der Waals surface area contributed by atoms with Crippen LogP contribution in [0.3, 0.4) is 0 Å². The maximum absolute atomic E-state index is 5.46. The Labute approximate surface area is 117 Å². The van der Waals surface area contributed by atoms with Crippen LogP contribution >= 0.6 is 0 Å². The summed E-state index contributed by atoms with van der Waals surface area (Å²) in [4.78, 5) is 8.56. The zero-order valence-electron chi connectivity index (χ0n) is 11.5. The first-order valence-corrected chi connectivity index (χ1v) is 7.59. The second-order valence-corrected chi connectivity index (χ2v) is 6.10. The van der Waals surface area contributed by atoms with Crippen LogP contribution < -0.4 is 0 Å². The van der Waals surface area contributed by atoms with Crippen LogP contribution in [-0.4, -0.2) is 25.3 Å². The molecule has 106 valence electrons. The Morgan fingerprint density at radius 3 is 2.85 bits per heavy atom. The van der Waals surface area contributed by atoms with Gasteiger partial charge in [0.15, 0.2) is 5.82 Å². The minimum atomic E-state index is 0.429. The number of aromatic amines is 1. The van der Waals surface area contributed by atoms with Crippen molar-refractivity contribution in [1.29, 1.82) is 0 Å². The van der Waals surface area contributed by atoms with Crippen molar-refractivity contribution in [2.75, 3.05) is 0 Å². The lowest BCUT2D eigenvalue weighted by Crippen LogP contribution is -2.26. The second-order valence-electron chi connectivity index (χ2n) is 6.10. The monoisotopic (exact) mass is 273 g/mol. The average Bonchev–Trinajstić information content (AvgIpc) is 3.17. The summed E-state index contributed by atoms with van der Waals surface area (Å²) in [5, 5.41) is 10.6. The maximum Gasteiger partial charge on any atom is 0.239 e. The van der Waals surface area contributed by atoms with Gasteiger partial charge in [-0.2, -0.15) is 10.1 Å². The highest BCUT2D eigenvalue weighted by atomic mass is 16.5. The first-order chi connectivity index (χ1) is 9.90. The number of hydrogen-bond acceptors (Lipinski definition) is 5. The van der Waals surface area contributed by atoms with Gasteiger partial charge in [0.25, 0.3) is 0 Å². The molecule has 0 spiro atoms. The van der Waals surface area contributed by atoms with Crippen molar-refractivity contribution >= 4 is 0 Å². The third-order valence-corrected chi connectivity index (χ3v) is 4.96. The van der Waals surface area contributed by atoms with Crippen molar-refractivity contribution in [3.8, 4) is 11.6 Å². The first kappa shape index (κ1) is 12.1. The molecule has 0 amide bonds. The van der Waals surface area contributed by atoms with Crippen LogP contribution in [0.4, 0.5) is 0 Å². The normalized spacial score (nSPS) is 30.1. The van der Waals surface area contributed by atoms with E-state index in [9.17, 15) is 0 Å². The number of nitrogens with zero attached hydrogens (tertiary/aromatic N) is 4. The lowest BCUT2D eigenvalue weighted by Gasteiger charge is -2.38. The number of fused-ring (bicyclic) bond motifs is 1. The molecule has 2 heterocycles. The molecule has 2 aromatic rings. The smallest absolute Gasteiger partial charge is 0.239 e. The lowest BCUT2D eigenvalue weighted by atomic mass is 9.67. The topological polar surface area (TPSA) is 80.5 Å².